The van der Waals surface area contributed by atoms with Gasteiger partial charge in [0.2, 0.25) is 5.91 Å². The number of hydrogen-bond acceptors (Lipinski definition) is 4. The number of rotatable bonds is 6. The molecule has 0 aliphatic heterocycles. The van der Waals surface area contributed by atoms with Gasteiger partial charge in [0.1, 0.15) is 12.1 Å². The van der Waals surface area contributed by atoms with Gasteiger partial charge < -0.3 is 10.6 Å². The summed E-state index contributed by atoms with van der Waals surface area (Å²) in [4.78, 5) is 12.4. The SMILES string of the molecule is CC(Nc1cnn(Cc2ccccc2)c1)C(=O)Nc1ccccc1C#N. The number of anilines is 2. The molecule has 0 aliphatic rings. The van der Waals surface area contributed by atoms with Crippen molar-refractivity contribution in [2.75, 3.05) is 10.6 Å². The van der Waals surface area contributed by atoms with E-state index in [0.29, 0.717) is 17.8 Å². The van der Waals surface area contributed by atoms with Gasteiger partial charge >= 0.3 is 0 Å². The molecule has 130 valence electrons. The van der Waals surface area contributed by atoms with Crippen LogP contribution in [0.15, 0.2) is 67.0 Å². The lowest BCUT2D eigenvalue weighted by Gasteiger charge is -2.14. The summed E-state index contributed by atoms with van der Waals surface area (Å²) in [6.45, 7) is 2.43. The Bertz CT molecular complexity index is 927. The number of para-hydroxylation sites is 1. The first kappa shape index (κ1) is 17.2. The smallest absolute Gasteiger partial charge is 0.246 e. The molecule has 26 heavy (non-hydrogen) atoms. The maximum Gasteiger partial charge on any atom is 0.246 e. The summed E-state index contributed by atoms with van der Waals surface area (Å²) in [6, 6.07) is 18.5. The lowest BCUT2D eigenvalue weighted by Crippen LogP contribution is -2.32. The monoisotopic (exact) mass is 345 g/mol. The van der Waals surface area contributed by atoms with Gasteiger partial charge in [-0.15, -0.1) is 0 Å². The second-order valence-electron chi connectivity index (χ2n) is 5.92. The molecule has 1 aromatic heterocycles. The van der Waals surface area contributed by atoms with Gasteiger partial charge in [0, 0.05) is 6.20 Å². The number of nitrogens with zero attached hydrogens (tertiary/aromatic N) is 3. The van der Waals surface area contributed by atoms with Gasteiger partial charge in [-0.05, 0) is 24.6 Å². The van der Waals surface area contributed by atoms with Crippen molar-refractivity contribution in [1.29, 1.82) is 5.26 Å². The molecule has 0 radical (unpaired) electrons. The Morgan fingerprint density at radius 3 is 2.69 bits per heavy atom. The van der Waals surface area contributed by atoms with Crippen LogP contribution in [-0.2, 0) is 11.3 Å². The molecule has 1 atom stereocenters. The number of carbonyl (C=O) groups is 1. The Balaban J connectivity index is 1.60. The third-order valence-corrected chi connectivity index (χ3v) is 3.90. The van der Waals surface area contributed by atoms with Crippen molar-refractivity contribution in [3.05, 3.63) is 78.1 Å². The predicted octanol–water partition coefficient (Wildman–Crippen LogP) is 3.24. The van der Waals surface area contributed by atoms with E-state index in [1.54, 1.807) is 37.4 Å². The van der Waals surface area contributed by atoms with Crippen LogP contribution in [-0.4, -0.2) is 21.7 Å². The van der Waals surface area contributed by atoms with E-state index in [2.05, 4.69) is 21.8 Å². The zero-order chi connectivity index (χ0) is 18.4. The van der Waals surface area contributed by atoms with Gasteiger partial charge in [-0.2, -0.15) is 10.4 Å². The molecule has 0 saturated heterocycles. The zero-order valence-corrected chi connectivity index (χ0v) is 14.4. The van der Waals surface area contributed by atoms with Crippen molar-refractivity contribution in [3.63, 3.8) is 0 Å². The minimum Gasteiger partial charge on any atom is -0.371 e. The topological polar surface area (TPSA) is 82.7 Å². The van der Waals surface area contributed by atoms with Gasteiger partial charge in [0.05, 0.1) is 29.7 Å². The maximum absolute atomic E-state index is 12.4. The van der Waals surface area contributed by atoms with Crippen molar-refractivity contribution in [3.8, 4) is 6.07 Å². The van der Waals surface area contributed by atoms with E-state index in [0.717, 1.165) is 11.3 Å². The second-order valence-corrected chi connectivity index (χ2v) is 5.92. The Hall–Kier alpha value is -3.59. The van der Waals surface area contributed by atoms with Gasteiger partial charge in [-0.1, -0.05) is 42.5 Å². The van der Waals surface area contributed by atoms with E-state index >= 15 is 0 Å². The molecule has 0 aliphatic carbocycles. The van der Waals surface area contributed by atoms with Crippen LogP contribution in [0.1, 0.15) is 18.1 Å². The molecule has 1 heterocycles. The van der Waals surface area contributed by atoms with Crippen LogP contribution in [0.3, 0.4) is 0 Å². The number of benzene rings is 2. The number of aromatic nitrogens is 2. The van der Waals surface area contributed by atoms with Crippen molar-refractivity contribution in [2.45, 2.75) is 19.5 Å². The molecule has 2 aromatic carbocycles. The fraction of sp³-hybridized carbons (Fsp3) is 0.150. The summed E-state index contributed by atoms with van der Waals surface area (Å²) in [5, 5.41) is 19.3. The molecule has 1 unspecified atom stereocenters. The van der Waals surface area contributed by atoms with E-state index in [1.807, 2.05) is 41.2 Å². The third kappa shape index (κ3) is 4.28. The van der Waals surface area contributed by atoms with E-state index < -0.39 is 6.04 Å². The van der Waals surface area contributed by atoms with Crippen molar-refractivity contribution in [2.24, 2.45) is 0 Å². The van der Waals surface area contributed by atoms with Gasteiger partial charge in [0.15, 0.2) is 0 Å². The van der Waals surface area contributed by atoms with Crippen LogP contribution in [0.4, 0.5) is 11.4 Å². The number of hydrogen-bond donors (Lipinski definition) is 2. The molecule has 0 bridgehead atoms. The van der Waals surface area contributed by atoms with Gasteiger partial charge in [-0.25, -0.2) is 0 Å². The molecule has 2 N–H and O–H groups in total. The summed E-state index contributed by atoms with van der Waals surface area (Å²) in [5.74, 6) is -0.219. The van der Waals surface area contributed by atoms with Gasteiger partial charge in [0.25, 0.3) is 0 Å². The first-order valence-corrected chi connectivity index (χ1v) is 8.28. The van der Waals surface area contributed by atoms with E-state index in [-0.39, 0.29) is 5.91 Å². The minimum absolute atomic E-state index is 0.219. The fourth-order valence-electron chi connectivity index (χ4n) is 2.54. The Morgan fingerprint density at radius 1 is 1.19 bits per heavy atom. The number of carbonyl (C=O) groups excluding carboxylic acids is 1. The number of nitriles is 1. The van der Waals surface area contributed by atoms with Crippen LogP contribution in [0.25, 0.3) is 0 Å². The Morgan fingerprint density at radius 2 is 1.92 bits per heavy atom. The molecule has 0 spiro atoms. The van der Waals surface area contributed by atoms with Crippen molar-refractivity contribution < 1.29 is 4.79 Å². The first-order valence-electron chi connectivity index (χ1n) is 8.28. The lowest BCUT2D eigenvalue weighted by atomic mass is 10.2. The number of amides is 1. The highest BCUT2D eigenvalue weighted by Gasteiger charge is 2.15. The normalized spacial score (nSPS) is 11.4. The molecular formula is C20H19N5O. The third-order valence-electron chi connectivity index (χ3n) is 3.90. The predicted molar refractivity (Wildman–Crippen MR) is 101 cm³/mol. The lowest BCUT2D eigenvalue weighted by molar-refractivity contribution is -0.116. The minimum atomic E-state index is -0.476. The second kappa shape index (κ2) is 7.99. The van der Waals surface area contributed by atoms with Gasteiger partial charge in [-0.3, -0.25) is 9.48 Å². The molecule has 0 fully saturated rings. The zero-order valence-electron chi connectivity index (χ0n) is 14.4. The van der Waals surface area contributed by atoms with Crippen LogP contribution >= 0.6 is 0 Å². The van der Waals surface area contributed by atoms with E-state index in [9.17, 15) is 4.79 Å². The first-order chi connectivity index (χ1) is 12.7. The summed E-state index contributed by atoms with van der Waals surface area (Å²) >= 11 is 0. The summed E-state index contributed by atoms with van der Waals surface area (Å²) in [5.41, 5.74) is 2.86. The van der Waals surface area contributed by atoms with E-state index in [1.165, 1.54) is 0 Å². The fourth-order valence-corrected chi connectivity index (χ4v) is 2.54. The standard InChI is InChI=1S/C20H19N5O/c1-15(20(26)24-19-10-6-5-9-17(19)11-21)23-18-12-22-25(14-18)13-16-7-3-2-4-8-16/h2-10,12,14-15,23H,13H2,1H3,(H,24,26). The number of nitrogens with one attached hydrogen (secondary N) is 2. The molecule has 0 saturated carbocycles. The highest BCUT2D eigenvalue weighted by atomic mass is 16.2. The van der Waals surface area contributed by atoms with Crippen LogP contribution in [0.2, 0.25) is 0 Å². The van der Waals surface area contributed by atoms with Crippen molar-refractivity contribution >= 4 is 17.3 Å². The molecular weight excluding hydrogens is 326 g/mol. The average Bonchev–Trinajstić information content (AvgIpc) is 3.09. The Labute approximate surface area is 152 Å². The van der Waals surface area contributed by atoms with Crippen LogP contribution < -0.4 is 10.6 Å². The largest absolute Gasteiger partial charge is 0.371 e. The molecule has 3 aromatic rings. The summed E-state index contributed by atoms with van der Waals surface area (Å²) < 4.78 is 1.81. The Kier molecular flexibility index (Phi) is 5.30. The molecule has 3 rings (SSSR count). The molecule has 6 heteroatoms. The van der Waals surface area contributed by atoms with Crippen LogP contribution in [0.5, 0.6) is 0 Å². The molecule has 1 amide bonds. The van der Waals surface area contributed by atoms with E-state index in [4.69, 9.17) is 5.26 Å². The van der Waals surface area contributed by atoms with Crippen LogP contribution in [0, 0.1) is 11.3 Å². The maximum atomic E-state index is 12.4. The summed E-state index contributed by atoms with van der Waals surface area (Å²) in [7, 11) is 0. The quantitative estimate of drug-likeness (QED) is 0.718. The summed E-state index contributed by atoms with van der Waals surface area (Å²) in [6.07, 6.45) is 3.55. The van der Waals surface area contributed by atoms with Crippen molar-refractivity contribution in [1.82, 2.24) is 9.78 Å². The molecule has 6 nitrogen and oxygen atoms in total. The average molecular weight is 345 g/mol. The highest BCUT2D eigenvalue weighted by molar-refractivity contribution is 5.97. The highest BCUT2D eigenvalue weighted by Crippen LogP contribution is 2.15.